The summed E-state index contributed by atoms with van der Waals surface area (Å²) in [5.74, 6) is 0.0964. The van der Waals surface area contributed by atoms with Crippen molar-refractivity contribution in [1.82, 2.24) is 9.80 Å². The fourth-order valence-electron chi connectivity index (χ4n) is 3.80. The lowest BCUT2D eigenvalue weighted by Gasteiger charge is -2.36. The summed E-state index contributed by atoms with van der Waals surface area (Å²) in [5, 5.41) is -0.413. The van der Waals surface area contributed by atoms with Crippen molar-refractivity contribution >= 4 is 40.6 Å². The van der Waals surface area contributed by atoms with Crippen LogP contribution in [0.3, 0.4) is 0 Å². The Kier molecular flexibility index (Phi) is 6.50. The minimum absolute atomic E-state index is 0.207. The monoisotopic (exact) mass is 451 g/mol. The maximum absolute atomic E-state index is 12.8. The molecule has 2 aliphatic heterocycles. The number of anilines is 1. The Morgan fingerprint density at radius 3 is 2.44 bits per heavy atom. The number of rotatable bonds is 5. The largest absolute Gasteiger partial charge is 0.497 e. The summed E-state index contributed by atoms with van der Waals surface area (Å²) in [6.45, 7) is 4.24. The van der Waals surface area contributed by atoms with Gasteiger partial charge in [-0.25, -0.2) is 0 Å². The van der Waals surface area contributed by atoms with Crippen LogP contribution < -0.4 is 9.64 Å². The van der Waals surface area contributed by atoms with Gasteiger partial charge in [-0.15, -0.1) is 0 Å². The molecule has 0 N–H and O–H groups in total. The quantitative estimate of drug-likeness (QED) is 0.649. The molecule has 2 saturated heterocycles. The van der Waals surface area contributed by atoms with Crippen LogP contribution in [0.4, 0.5) is 10.5 Å². The first-order valence-corrected chi connectivity index (χ1v) is 11.3. The molecular weight excluding hydrogens is 426 g/mol. The Bertz CT molecular complexity index is 1060. The Balaban J connectivity index is 1.38. The zero-order valence-electron chi connectivity index (χ0n) is 18.1. The number of ether oxygens (including phenoxy) is 1. The molecule has 0 spiro atoms. The van der Waals surface area contributed by atoms with Gasteiger partial charge in [0.15, 0.2) is 0 Å². The van der Waals surface area contributed by atoms with Gasteiger partial charge in [-0.1, -0.05) is 24.3 Å². The molecule has 2 aliphatic rings. The highest BCUT2D eigenvalue weighted by molar-refractivity contribution is 8.18. The highest BCUT2D eigenvalue weighted by Gasteiger charge is 2.37. The zero-order chi connectivity index (χ0) is 22.7. The summed E-state index contributed by atoms with van der Waals surface area (Å²) in [4.78, 5) is 43.4. The van der Waals surface area contributed by atoms with Crippen LogP contribution in [0.25, 0.3) is 6.08 Å². The molecule has 4 rings (SSSR count). The second kappa shape index (κ2) is 9.48. The smallest absolute Gasteiger partial charge is 0.294 e. The molecule has 0 saturated carbocycles. The topological polar surface area (TPSA) is 70.2 Å². The molecular formula is C24H25N3O4S. The van der Waals surface area contributed by atoms with Crippen molar-refractivity contribution in [1.29, 1.82) is 0 Å². The molecule has 0 radical (unpaired) electrons. The molecule has 0 aromatic heterocycles. The van der Waals surface area contributed by atoms with Gasteiger partial charge in [-0.2, -0.15) is 0 Å². The molecule has 3 amide bonds. The number of methoxy groups -OCH3 is 1. The van der Waals surface area contributed by atoms with Gasteiger partial charge in [0.05, 0.1) is 12.0 Å². The van der Waals surface area contributed by atoms with Crippen molar-refractivity contribution < 1.29 is 19.1 Å². The summed E-state index contributed by atoms with van der Waals surface area (Å²) < 4.78 is 5.21. The van der Waals surface area contributed by atoms with Crippen LogP contribution in [0.5, 0.6) is 5.75 Å². The average molecular weight is 452 g/mol. The van der Waals surface area contributed by atoms with Crippen LogP contribution in [0.1, 0.15) is 11.1 Å². The number of carbonyl (C=O) groups excluding carboxylic acids is 3. The summed E-state index contributed by atoms with van der Waals surface area (Å²) in [7, 11) is 1.60. The number of hydrogen-bond donors (Lipinski definition) is 0. The molecule has 0 unspecified atom stereocenters. The van der Waals surface area contributed by atoms with Gasteiger partial charge < -0.3 is 14.5 Å². The van der Waals surface area contributed by atoms with Crippen LogP contribution in [0.2, 0.25) is 0 Å². The van der Waals surface area contributed by atoms with Crippen molar-refractivity contribution in [3.8, 4) is 5.75 Å². The Morgan fingerprint density at radius 2 is 1.78 bits per heavy atom. The molecule has 2 fully saturated rings. The average Bonchev–Trinajstić information content (AvgIpc) is 3.08. The lowest BCUT2D eigenvalue weighted by atomic mass is 10.1. The predicted octanol–water partition coefficient (Wildman–Crippen LogP) is 3.39. The standard InChI is InChI=1S/C24H25N3O4S/c1-17-14-20(31-2)9-8-18(17)15-21-23(29)27(24(30)32-21)16-22(28)26-12-10-25(11-13-26)19-6-4-3-5-7-19/h3-9,14-15H,10-13,16H2,1-2H3/b21-15-. The third-order valence-electron chi connectivity index (χ3n) is 5.68. The first kappa shape index (κ1) is 22.0. The van der Waals surface area contributed by atoms with E-state index in [-0.39, 0.29) is 12.5 Å². The summed E-state index contributed by atoms with van der Waals surface area (Å²) >= 11 is 0.870. The van der Waals surface area contributed by atoms with Gasteiger partial charge in [0, 0.05) is 31.9 Å². The summed E-state index contributed by atoms with van der Waals surface area (Å²) in [6.07, 6.45) is 1.70. The van der Waals surface area contributed by atoms with E-state index in [0.717, 1.165) is 39.2 Å². The predicted molar refractivity (Wildman–Crippen MR) is 126 cm³/mol. The number of benzene rings is 2. The van der Waals surface area contributed by atoms with E-state index in [1.807, 2.05) is 43.3 Å². The molecule has 2 aromatic rings. The second-order valence-corrected chi connectivity index (χ2v) is 8.69. The number of nitrogens with zero attached hydrogens (tertiary/aromatic N) is 3. The van der Waals surface area contributed by atoms with E-state index in [9.17, 15) is 14.4 Å². The second-order valence-electron chi connectivity index (χ2n) is 7.69. The number of imide groups is 1. The van der Waals surface area contributed by atoms with E-state index in [4.69, 9.17) is 4.74 Å². The molecule has 0 aliphatic carbocycles. The molecule has 166 valence electrons. The highest BCUT2D eigenvalue weighted by atomic mass is 32.2. The number of piperazine rings is 1. The van der Waals surface area contributed by atoms with E-state index in [0.29, 0.717) is 31.1 Å². The number of aryl methyl sites for hydroxylation is 1. The van der Waals surface area contributed by atoms with Crippen LogP contribution in [0.15, 0.2) is 53.4 Å². The molecule has 32 heavy (non-hydrogen) atoms. The maximum atomic E-state index is 12.8. The number of carbonyl (C=O) groups is 3. The fraction of sp³-hybridized carbons (Fsp3) is 0.292. The first-order valence-electron chi connectivity index (χ1n) is 10.4. The lowest BCUT2D eigenvalue weighted by molar-refractivity contribution is -0.136. The molecule has 0 bridgehead atoms. The highest BCUT2D eigenvalue weighted by Crippen LogP contribution is 2.33. The summed E-state index contributed by atoms with van der Waals surface area (Å²) in [6, 6.07) is 15.6. The zero-order valence-corrected chi connectivity index (χ0v) is 18.9. The van der Waals surface area contributed by atoms with Crippen LogP contribution in [-0.4, -0.2) is 66.7 Å². The fourth-order valence-corrected chi connectivity index (χ4v) is 4.63. The van der Waals surface area contributed by atoms with E-state index in [2.05, 4.69) is 17.0 Å². The molecule has 2 aromatic carbocycles. The van der Waals surface area contributed by atoms with Gasteiger partial charge in [-0.05, 0) is 60.2 Å². The van der Waals surface area contributed by atoms with Crippen LogP contribution in [0, 0.1) is 6.92 Å². The number of para-hydroxylation sites is 1. The number of thioether (sulfide) groups is 1. The van der Waals surface area contributed by atoms with Crippen molar-refractivity contribution in [2.45, 2.75) is 6.92 Å². The molecule has 8 heteroatoms. The third kappa shape index (κ3) is 4.65. The normalized spacial score (nSPS) is 17.9. The van der Waals surface area contributed by atoms with Gasteiger partial charge in [0.25, 0.3) is 11.1 Å². The van der Waals surface area contributed by atoms with Crippen LogP contribution in [-0.2, 0) is 9.59 Å². The first-order chi connectivity index (χ1) is 15.5. The van der Waals surface area contributed by atoms with E-state index in [1.54, 1.807) is 18.1 Å². The van der Waals surface area contributed by atoms with E-state index >= 15 is 0 Å². The van der Waals surface area contributed by atoms with E-state index in [1.165, 1.54) is 0 Å². The Labute approximate surface area is 191 Å². The van der Waals surface area contributed by atoms with E-state index < -0.39 is 11.1 Å². The van der Waals surface area contributed by atoms with Crippen molar-refractivity contribution in [2.75, 3.05) is 44.7 Å². The minimum Gasteiger partial charge on any atom is -0.497 e. The van der Waals surface area contributed by atoms with Crippen molar-refractivity contribution in [3.05, 3.63) is 64.6 Å². The van der Waals surface area contributed by atoms with Crippen molar-refractivity contribution in [3.63, 3.8) is 0 Å². The molecule has 2 heterocycles. The third-order valence-corrected chi connectivity index (χ3v) is 6.59. The Morgan fingerprint density at radius 1 is 1.06 bits per heavy atom. The minimum atomic E-state index is -0.425. The van der Waals surface area contributed by atoms with Crippen molar-refractivity contribution in [2.24, 2.45) is 0 Å². The maximum Gasteiger partial charge on any atom is 0.294 e. The van der Waals surface area contributed by atoms with Gasteiger partial charge in [-0.3, -0.25) is 19.3 Å². The SMILES string of the molecule is COc1ccc(/C=C2\SC(=O)N(CC(=O)N3CCN(c4ccccc4)CC3)C2=O)c(C)c1. The van der Waals surface area contributed by atoms with Gasteiger partial charge >= 0.3 is 0 Å². The Hall–Kier alpha value is -3.26. The number of hydrogen-bond acceptors (Lipinski definition) is 6. The van der Waals surface area contributed by atoms with Crippen LogP contribution >= 0.6 is 11.8 Å². The molecule has 7 nitrogen and oxygen atoms in total. The molecule has 0 atom stereocenters. The number of amides is 3. The van der Waals surface area contributed by atoms with Gasteiger partial charge in [0.1, 0.15) is 12.3 Å². The lowest BCUT2D eigenvalue weighted by Crippen LogP contribution is -2.51. The summed E-state index contributed by atoms with van der Waals surface area (Å²) in [5.41, 5.74) is 2.90. The van der Waals surface area contributed by atoms with Gasteiger partial charge in [0.2, 0.25) is 5.91 Å².